The zero-order valence-corrected chi connectivity index (χ0v) is 12.5. The molecule has 0 saturated heterocycles. The number of anilines is 2. The first-order valence-corrected chi connectivity index (χ1v) is 6.41. The Labute approximate surface area is 131 Å². The first kappa shape index (κ1) is 18.0. The van der Waals surface area contributed by atoms with E-state index in [-0.39, 0.29) is 22.9 Å². The van der Waals surface area contributed by atoms with Gasteiger partial charge in [0, 0.05) is 26.2 Å². The number of carbonyl (C=O) groups excluding carboxylic acids is 1. The van der Waals surface area contributed by atoms with Crippen LogP contribution in [0.25, 0.3) is 0 Å². The molecule has 2 rings (SSSR count). The maximum absolute atomic E-state index is 13.1. The number of hydrogen-bond acceptors (Lipinski definition) is 4. The number of benzene rings is 2. The van der Waals surface area contributed by atoms with E-state index < -0.39 is 17.7 Å². The lowest BCUT2D eigenvalue weighted by atomic mass is 10.3. The first-order chi connectivity index (χ1) is 10.7. The lowest BCUT2D eigenvalue weighted by Crippen LogP contribution is -2.27. The van der Waals surface area contributed by atoms with Crippen molar-refractivity contribution in [3.8, 4) is 11.5 Å². The molecule has 0 aliphatic heterocycles. The minimum absolute atomic E-state index is 0.0431. The summed E-state index contributed by atoms with van der Waals surface area (Å²) in [5, 5.41) is 19.9. The first-order valence-electron chi connectivity index (χ1n) is 6.41. The smallest absolute Gasteiger partial charge is 0.321 e. The molecule has 0 spiro atoms. The molecule has 2 aromatic rings. The molecule has 0 aromatic heterocycles. The monoisotopic (exact) mass is 325 g/mol. The number of urea groups is 1. The summed E-state index contributed by atoms with van der Waals surface area (Å²) in [6.07, 6.45) is 0. The summed E-state index contributed by atoms with van der Waals surface area (Å²) in [6.45, 7) is 0. The van der Waals surface area contributed by atoms with Gasteiger partial charge in [0.1, 0.15) is 23.1 Å². The van der Waals surface area contributed by atoms with Gasteiger partial charge in [-0.15, -0.1) is 0 Å². The molecule has 0 atom stereocenters. The van der Waals surface area contributed by atoms with Crippen molar-refractivity contribution in [1.29, 1.82) is 0 Å². The summed E-state index contributed by atoms with van der Waals surface area (Å²) in [6, 6.07) is 6.72. The Morgan fingerprint density at radius 2 is 1.57 bits per heavy atom. The summed E-state index contributed by atoms with van der Waals surface area (Å²) in [5.41, 5.74) is 5.19. The Hall–Kier alpha value is -3.03. The molecule has 0 saturated carbocycles. The quantitative estimate of drug-likeness (QED) is 0.478. The van der Waals surface area contributed by atoms with Crippen LogP contribution in [-0.4, -0.2) is 35.2 Å². The van der Waals surface area contributed by atoms with E-state index >= 15 is 0 Å². The number of phenolic OH excluding ortho intramolecular Hbond substituents is 2. The molecule has 0 bridgehead atoms. The third-order valence-corrected chi connectivity index (χ3v) is 2.58. The molecule has 2 amide bonds. The summed E-state index contributed by atoms with van der Waals surface area (Å²) in [5.74, 6) is -1.54. The van der Waals surface area contributed by atoms with Crippen molar-refractivity contribution in [1.82, 2.24) is 4.90 Å². The van der Waals surface area contributed by atoms with Gasteiger partial charge in [0.2, 0.25) is 0 Å². The molecule has 0 radical (unpaired) electrons. The summed E-state index contributed by atoms with van der Waals surface area (Å²) >= 11 is 0. The standard InChI is InChI=1S/C9H11FN2O2.C6H6FNO/c1-12(2)9(14)11-8-4-3-6(13)5-7(8)10;7-5-3-4(9)1-2-6(5)8/h3-5,13H,1-2H3,(H,11,14);1-3,9H,8H2. The van der Waals surface area contributed by atoms with Crippen LogP contribution in [0.4, 0.5) is 25.0 Å². The summed E-state index contributed by atoms with van der Waals surface area (Å²) in [4.78, 5) is 12.4. The van der Waals surface area contributed by atoms with Crippen molar-refractivity contribution in [2.45, 2.75) is 0 Å². The van der Waals surface area contributed by atoms with Gasteiger partial charge in [0.25, 0.3) is 0 Å². The van der Waals surface area contributed by atoms with Crippen LogP contribution in [-0.2, 0) is 0 Å². The van der Waals surface area contributed by atoms with E-state index in [2.05, 4.69) is 5.32 Å². The van der Waals surface area contributed by atoms with E-state index in [1.807, 2.05) is 0 Å². The van der Waals surface area contributed by atoms with Crippen LogP contribution < -0.4 is 11.1 Å². The molecule has 6 nitrogen and oxygen atoms in total. The number of nitrogen functional groups attached to an aromatic ring is 1. The van der Waals surface area contributed by atoms with Crippen LogP contribution in [0, 0.1) is 11.6 Å². The van der Waals surface area contributed by atoms with Crippen LogP contribution in [0.1, 0.15) is 0 Å². The van der Waals surface area contributed by atoms with Gasteiger partial charge in [-0.1, -0.05) is 0 Å². The molecule has 0 heterocycles. The molecule has 2 aromatic carbocycles. The van der Waals surface area contributed by atoms with Gasteiger partial charge >= 0.3 is 6.03 Å². The Morgan fingerprint density at radius 1 is 1.04 bits per heavy atom. The molecule has 0 unspecified atom stereocenters. The number of phenols is 2. The third-order valence-electron chi connectivity index (χ3n) is 2.58. The number of nitrogens with one attached hydrogen (secondary N) is 1. The lowest BCUT2D eigenvalue weighted by molar-refractivity contribution is 0.230. The maximum Gasteiger partial charge on any atom is 0.321 e. The molecule has 0 aliphatic carbocycles. The third kappa shape index (κ3) is 5.70. The van der Waals surface area contributed by atoms with E-state index in [1.54, 1.807) is 14.1 Å². The number of halogens is 2. The number of nitrogens with zero attached hydrogens (tertiary/aromatic N) is 1. The normalized spacial score (nSPS) is 9.57. The van der Waals surface area contributed by atoms with Crippen molar-refractivity contribution >= 4 is 17.4 Å². The second-order valence-electron chi connectivity index (χ2n) is 4.69. The number of carbonyl (C=O) groups is 1. The average molecular weight is 325 g/mol. The molecule has 8 heteroatoms. The van der Waals surface area contributed by atoms with Crippen molar-refractivity contribution in [3.05, 3.63) is 48.0 Å². The fourth-order valence-corrected chi connectivity index (χ4v) is 1.35. The molecular weight excluding hydrogens is 308 g/mol. The van der Waals surface area contributed by atoms with Crippen molar-refractivity contribution in [2.24, 2.45) is 0 Å². The largest absolute Gasteiger partial charge is 0.508 e. The van der Waals surface area contributed by atoms with Crippen LogP contribution in [0.15, 0.2) is 36.4 Å². The van der Waals surface area contributed by atoms with Crippen molar-refractivity contribution in [2.75, 3.05) is 25.1 Å². The Morgan fingerprint density at radius 3 is 2.00 bits per heavy atom. The number of aromatic hydroxyl groups is 2. The van der Waals surface area contributed by atoms with Crippen LogP contribution in [0.5, 0.6) is 11.5 Å². The lowest BCUT2D eigenvalue weighted by Gasteiger charge is -2.12. The second-order valence-corrected chi connectivity index (χ2v) is 4.69. The molecule has 0 fully saturated rings. The minimum atomic E-state index is -0.666. The van der Waals surface area contributed by atoms with Crippen LogP contribution in [0.3, 0.4) is 0 Å². The average Bonchev–Trinajstić information content (AvgIpc) is 2.46. The highest BCUT2D eigenvalue weighted by atomic mass is 19.1. The van der Waals surface area contributed by atoms with Crippen LogP contribution in [0.2, 0.25) is 0 Å². The van der Waals surface area contributed by atoms with Gasteiger partial charge in [0.15, 0.2) is 0 Å². The van der Waals surface area contributed by atoms with Gasteiger partial charge in [-0.2, -0.15) is 0 Å². The SMILES string of the molecule is CN(C)C(=O)Nc1ccc(O)cc1F.Nc1ccc(O)cc1F. The Kier molecular flexibility index (Phi) is 6.13. The molecule has 124 valence electrons. The molecule has 23 heavy (non-hydrogen) atoms. The summed E-state index contributed by atoms with van der Waals surface area (Å²) in [7, 11) is 3.10. The fraction of sp³-hybridized carbons (Fsp3) is 0.133. The van der Waals surface area contributed by atoms with Gasteiger partial charge in [-0.3, -0.25) is 0 Å². The number of amides is 2. The predicted molar refractivity (Wildman–Crippen MR) is 83.2 cm³/mol. The zero-order chi connectivity index (χ0) is 17.6. The van der Waals surface area contributed by atoms with Gasteiger partial charge < -0.3 is 26.2 Å². The van der Waals surface area contributed by atoms with Gasteiger partial charge in [-0.25, -0.2) is 13.6 Å². The minimum Gasteiger partial charge on any atom is -0.508 e. The topological polar surface area (TPSA) is 98.8 Å². The predicted octanol–water partition coefficient (Wildman–Crippen LogP) is 2.74. The number of rotatable bonds is 1. The Balaban J connectivity index is 0.000000253. The number of hydrogen-bond donors (Lipinski definition) is 4. The van der Waals surface area contributed by atoms with Gasteiger partial charge in [-0.05, 0) is 24.3 Å². The van der Waals surface area contributed by atoms with E-state index in [4.69, 9.17) is 15.9 Å². The molecule has 0 aliphatic rings. The second kappa shape index (κ2) is 7.83. The van der Waals surface area contributed by atoms with Crippen molar-refractivity contribution in [3.63, 3.8) is 0 Å². The highest BCUT2D eigenvalue weighted by Gasteiger charge is 2.08. The molecule has 5 N–H and O–H groups in total. The van der Waals surface area contributed by atoms with E-state index in [0.717, 1.165) is 12.1 Å². The molecular formula is C15H17F2N3O3. The van der Waals surface area contributed by atoms with E-state index in [9.17, 15) is 13.6 Å². The van der Waals surface area contributed by atoms with E-state index in [0.29, 0.717) is 0 Å². The highest BCUT2D eigenvalue weighted by Crippen LogP contribution is 2.19. The van der Waals surface area contributed by atoms with Crippen LogP contribution >= 0.6 is 0 Å². The summed E-state index contributed by atoms with van der Waals surface area (Å²) < 4.78 is 25.4. The van der Waals surface area contributed by atoms with Crippen molar-refractivity contribution < 1.29 is 23.8 Å². The maximum atomic E-state index is 13.1. The van der Waals surface area contributed by atoms with Gasteiger partial charge in [0.05, 0.1) is 11.4 Å². The Bertz CT molecular complexity index is 694. The highest BCUT2D eigenvalue weighted by molar-refractivity contribution is 5.89. The fourth-order valence-electron chi connectivity index (χ4n) is 1.35. The zero-order valence-electron chi connectivity index (χ0n) is 12.5. The van der Waals surface area contributed by atoms with E-state index in [1.165, 1.54) is 29.2 Å². The number of nitrogens with two attached hydrogens (primary N) is 1.